The molecule has 0 aliphatic rings. The van der Waals surface area contributed by atoms with Crippen molar-refractivity contribution in [3.05, 3.63) is 27.9 Å². The van der Waals surface area contributed by atoms with Gasteiger partial charge in [0.1, 0.15) is 6.07 Å². The molecule has 0 aromatic carbocycles. The zero-order valence-corrected chi connectivity index (χ0v) is 10.3. The van der Waals surface area contributed by atoms with Crippen molar-refractivity contribution < 1.29 is 14.8 Å². The molecule has 1 aromatic rings. The number of aliphatic carboxylic acids is 1. The number of hydrogen-bond acceptors (Lipinski definition) is 6. The number of nitrogens with one attached hydrogen (secondary N) is 1. The Hall–Kier alpha value is -2.69. The Bertz CT molecular complexity index is 552. The van der Waals surface area contributed by atoms with Crippen LogP contribution in [0.4, 0.5) is 11.5 Å². The molecule has 1 rings (SSSR count). The molecule has 0 saturated heterocycles. The largest absolute Gasteiger partial charge is 0.481 e. The van der Waals surface area contributed by atoms with Gasteiger partial charge in [-0.15, -0.1) is 0 Å². The number of carboxylic acids is 1. The molecule has 0 radical (unpaired) electrons. The summed E-state index contributed by atoms with van der Waals surface area (Å²) in [4.78, 5) is 24.8. The molecule has 0 saturated carbocycles. The Kier molecular flexibility index (Phi) is 4.36. The lowest BCUT2D eigenvalue weighted by Gasteiger charge is -2.18. The lowest BCUT2D eigenvalue weighted by atomic mass is 10.0. The van der Waals surface area contributed by atoms with E-state index in [0.29, 0.717) is 0 Å². The topological polar surface area (TPSA) is 129 Å². The molecule has 8 nitrogen and oxygen atoms in total. The molecule has 0 aliphatic heterocycles. The molecule has 0 bridgehead atoms. The molecule has 2 N–H and O–H groups in total. The van der Waals surface area contributed by atoms with Crippen LogP contribution < -0.4 is 5.32 Å². The van der Waals surface area contributed by atoms with Gasteiger partial charge in [0.05, 0.1) is 16.4 Å². The van der Waals surface area contributed by atoms with Crippen molar-refractivity contribution >= 4 is 17.5 Å². The van der Waals surface area contributed by atoms with Gasteiger partial charge in [-0.1, -0.05) is 0 Å². The number of nitrogens with zero attached hydrogens (tertiary/aromatic N) is 3. The van der Waals surface area contributed by atoms with Crippen LogP contribution >= 0.6 is 0 Å². The highest BCUT2D eigenvalue weighted by molar-refractivity contribution is 5.71. The van der Waals surface area contributed by atoms with Gasteiger partial charge in [0.25, 0.3) is 0 Å². The summed E-state index contributed by atoms with van der Waals surface area (Å²) in [5.74, 6) is -1.81. The van der Waals surface area contributed by atoms with E-state index >= 15 is 0 Å². The van der Waals surface area contributed by atoms with Crippen molar-refractivity contribution in [2.75, 3.05) is 5.32 Å². The second-order valence-corrected chi connectivity index (χ2v) is 4.02. The van der Waals surface area contributed by atoms with Crippen molar-refractivity contribution in [1.29, 1.82) is 5.26 Å². The minimum absolute atomic E-state index is 0.0513. The zero-order chi connectivity index (χ0) is 14.6. The number of nitriles is 1. The molecule has 0 aliphatic carbocycles. The molecular weight excluding hydrogens is 252 g/mol. The second-order valence-electron chi connectivity index (χ2n) is 4.02. The molecule has 8 heteroatoms. The standard InChI is InChI=1S/C11H12N4O4/c1-6(11(16)17)7(2)14-10-9(15(18)19)3-8(4-12)5-13-10/h3,5-7H,1-2H3,(H,13,14)(H,16,17). The summed E-state index contributed by atoms with van der Waals surface area (Å²) >= 11 is 0. The maximum atomic E-state index is 10.9. The highest BCUT2D eigenvalue weighted by atomic mass is 16.6. The Morgan fingerprint density at radius 2 is 2.26 bits per heavy atom. The average molecular weight is 264 g/mol. The molecule has 2 atom stereocenters. The summed E-state index contributed by atoms with van der Waals surface area (Å²) in [5, 5.41) is 31.1. The van der Waals surface area contributed by atoms with Gasteiger partial charge in [0.2, 0.25) is 5.82 Å². The molecule has 0 spiro atoms. The number of hydrogen-bond donors (Lipinski definition) is 2. The SMILES string of the molecule is CC(Nc1ncc(C#N)cc1[N+](=O)[O-])C(C)C(=O)O. The van der Waals surface area contributed by atoms with Crippen LogP contribution in [0.3, 0.4) is 0 Å². The Morgan fingerprint density at radius 1 is 1.63 bits per heavy atom. The smallest absolute Gasteiger partial charge is 0.312 e. The first-order valence-electron chi connectivity index (χ1n) is 5.40. The van der Waals surface area contributed by atoms with E-state index in [4.69, 9.17) is 10.4 Å². The minimum atomic E-state index is -1.02. The average Bonchev–Trinajstić information content (AvgIpc) is 2.37. The first-order valence-corrected chi connectivity index (χ1v) is 5.40. The predicted octanol–water partition coefficient (Wildman–Crippen LogP) is 1.38. The number of anilines is 1. The van der Waals surface area contributed by atoms with Crippen LogP contribution in [0, 0.1) is 27.4 Å². The third kappa shape index (κ3) is 3.38. The predicted molar refractivity (Wildman–Crippen MR) is 65.5 cm³/mol. The number of rotatable bonds is 5. The van der Waals surface area contributed by atoms with E-state index in [2.05, 4.69) is 10.3 Å². The molecule has 0 amide bonds. The number of aromatic nitrogens is 1. The number of nitro groups is 1. The summed E-state index contributed by atoms with van der Waals surface area (Å²) in [6.45, 7) is 3.07. The number of carbonyl (C=O) groups is 1. The lowest BCUT2D eigenvalue weighted by molar-refractivity contribution is -0.384. The molecular formula is C11H12N4O4. The quantitative estimate of drug-likeness (QED) is 0.606. The van der Waals surface area contributed by atoms with Gasteiger partial charge >= 0.3 is 11.7 Å². The van der Waals surface area contributed by atoms with Crippen LogP contribution in [-0.4, -0.2) is 27.0 Å². The van der Waals surface area contributed by atoms with E-state index in [1.165, 1.54) is 13.1 Å². The Labute approximate surface area is 108 Å². The van der Waals surface area contributed by atoms with Crippen LogP contribution in [0.1, 0.15) is 19.4 Å². The number of pyridine rings is 1. The summed E-state index contributed by atoms with van der Waals surface area (Å²) < 4.78 is 0. The van der Waals surface area contributed by atoms with Gasteiger partial charge in [-0.2, -0.15) is 5.26 Å². The van der Waals surface area contributed by atoms with E-state index in [-0.39, 0.29) is 17.1 Å². The van der Waals surface area contributed by atoms with Crippen LogP contribution in [0.5, 0.6) is 0 Å². The van der Waals surface area contributed by atoms with Crippen molar-refractivity contribution in [3.63, 3.8) is 0 Å². The summed E-state index contributed by atoms with van der Waals surface area (Å²) in [5.41, 5.74) is -0.292. The monoisotopic (exact) mass is 264 g/mol. The van der Waals surface area contributed by atoms with Crippen LogP contribution in [0.25, 0.3) is 0 Å². The first-order chi connectivity index (χ1) is 8.86. The minimum Gasteiger partial charge on any atom is -0.481 e. The summed E-state index contributed by atoms with van der Waals surface area (Å²) in [6, 6.07) is 2.30. The van der Waals surface area contributed by atoms with E-state index in [1.54, 1.807) is 13.0 Å². The van der Waals surface area contributed by atoms with E-state index in [9.17, 15) is 14.9 Å². The van der Waals surface area contributed by atoms with Crippen molar-refractivity contribution in [1.82, 2.24) is 4.98 Å². The second kappa shape index (κ2) is 5.77. The Balaban J connectivity index is 3.05. The molecule has 0 fully saturated rings. The normalized spacial score (nSPS) is 13.1. The van der Waals surface area contributed by atoms with Crippen LogP contribution in [0.15, 0.2) is 12.3 Å². The molecule has 2 unspecified atom stereocenters. The van der Waals surface area contributed by atoms with Gasteiger partial charge < -0.3 is 10.4 Å². The van der Waals surface area contributed by atoms with E-state index in [0.717, 1.165) is 6.07 Å². The fraction of sp³-hybridized carbons (Fsp3) is 0.364. The van der Waals surface area contributed by atoms with E-state index in [1.807, 2.05) is 0 Å². The van der Waals surface area contributed by atoms with Crippen molar-refractivity contribution in [2.24, 2.45) is 5.92 Å². The molecule has 100 valence electrons. The lowest BCUT2D eigenvalue weighted by Crippen LogP contribution is -2.30. The first kappa shape index (κ1) is 14.4. The van der Waals surface area contributed by atoms with Gasteiger partial charge in [0.15, 0.2) is 0 Å². The highest BCUT2D eigenvalue weighted by Crippen LogP contribution is 2.24. The van der Waals surface area contributed by atoms with Gasteiger partial charge in [0, 0.05) is 18.3 Å². The van der Waals surface area contributed by atoms with Crippen LogP contribution in [-0.2, 0) is 4.79 Å². The molecule has 1 aromatic heterocycles. The zero-order valence-electron chi connectivity index (χ0n) is 10.3. The third-order valence-electron chi connectivity index (χ3n) is 2.70. The van der Waals surface area contributed by atoms with Crippen molar-refractivity contribution in [2.45, 2.75) is 19.9 Å². The van der Waals surface area contributed by atoms with Crippen LogP contribution in [0.2, 0.25) is 0 Å². The molecule has 19 heavy (non-hydrogen) atoms. The van der Waals surface area contributed by atoms with Gasteiger partial charge in [-0.05, 0) is 13.8 Å². The van der Waals surface area contributed by atoms with Gasteiger partial charge in [-0.25, -0.2) is 4.98 Å². The Morgan fingerprint density at radius 3 is 2.74 bits per heavy atom. The fourth-order valence-electron chi connectivity index (χ4n) is 1.32. The van der Waals surface area contributed by atoms with E-state index < -0.39 is 22.9 Å². The van der Waals surface area contributed by atoms with Crippen molar-refractivity contribution in [3.8, 4) is 6.07 Å². The molecule has 1 heterocycles. The summed E-state index contributed by atoms with van der Waals surface area (Å²) in [7, 11) is 0. The number of carboxylic acid groups (broad SMARTS) is 1. The fourth-order valence-corrected chi connectivity index (χ4v) is 1.32. The maximum absolute atomic E-state index is 10.9. The summed E-state index contributed by atoms with van der Waals surface area (Å²) in [6.07, 6.45) is 1.19. The highest BCUT2D eigenvalue weighted by Gasteiger charge is 2.23. The third-order valence-corrected chi connectivity index (χ3v) is 2.70. The maximum Gasteiger partial charge on any atom is 0.312 e. The van der Waals surface area contributed by atoms with Gasteiger partial charge in [-0.3, -0.25) is 14.9 Å².